The molecule has 1 aromatic carbocycles. The second kappa shape index (κ2) is 7.37. The second-order valence-electron chi connectivity index (χ2n) is 5.05. The number of alkyl halides is 1. The molecule has 0 aromatic heterocycles. The molecule has 1 aliphatic heterocycles. The molecule has 21 heavy (non-hydrogen) atoms. The molecule has 0 bridgehead atoms. The first-order valence-electron chi connectivity index (χ1n) is 6.57. The lowest BCUT2D eigenvalue weighted by Gasteiger charge is -2.32. The first kappa shape index (κ1) is 17.8. The third-order valence-electron chi connectivity index (χ3n) is 3.56. The van der Waals surface area contributed by atoms with E-state index in [1.54, 1.807) is 12.1 Å². The zero-order valence-corrected chi connectivity index (χ0v) is 15.8. The van der Waals surface area contributed by atoms with Crippen molar-refractivity contribution in [1.29, 1.82) is 0 Å². The molecule has 118 valence electrons. The smallest absolute Gasteiger partial charge is 0.207 e. The van der Waals surface area contributed by atoms with Crippen molar-refractivity contribution >= 4 is 60.8 Å². The van der Waals surface area contributed by atoms with E-state index < -0.39 is 10.0 Å². The molecule has 1 heterocycles. The van der Waals surface area contributed by atoms with Gasteiger partial charge < -0.3 is 0 Å². The Morgan fingerprint density at radius 2 is 1.90 bits per heavy atom. The van der Waals surface area contributed by atoms with Crippen LogP contribution in [-0.4, -0.2) is 31.7 Å². The molecule has 1 saturated heterocycles. The van der Waals surface area contributed by atoms with Gasteiger partial charge >= 0.3 is 0 Å². The molecule has 0 saturated carbocycles. The maximum absolute atomic E-state index is 12.8. The number of piperidine rings is 1. The van der Waals surface area contributed by atoms with Crippen LogP contribution in [-0.2, 0) is 10.0 Å². The van der Waals surface area contributed by atoms with Gasteiger partial charge in [-0.15, -0.1) is 11.6 Å². The SMILES string of the molecule is O=S(=O)(c1c(Cl)cc(Br)cc1Cl)N1CCCC(CCCl)C1. The molecule has 1 atom stereocenters. The zero-order chi connectivity index (χ0) is 15.6. The van der Waals surface area contributed by atoms with E-state index in [0.717, 1.165) is 19.3 Å². The summed E-state index contributed by atoms with van der Waals surface area (Å²) in [4.78, 5) is -0.0134. The Balaban J connectivity index is 2.34. The highest BCUT2D eigenvalue weighted by Crippen LogP contribution is 2.36. The standard InChI is InChI=1S/C13H15BrCl3NO2S/c14-10-6-11(16)13(12(17)7-10)21(19,20)18-5-1-2-9(8-18)3-4-15/h6-7,9H,1-5,8H2. The fourth-order valence-electron chi connectivity index (χ4n) is 2.54. The molecule has 2 rings (SSSR count). The highest BCUT2D eigenvalue weighted by molar-refractivity contribution is 9.10. The average molecular weight is 436 g/mol. The molecular formula is C13H15BrCl3NO2S. The Hall–Kier alpha value is 0.480. The van der Waals surface area contributed by atoms with Crippen molar-refractivity contribution in [2.75, 3.05) is 19.0 Å². The van der Waals surface area contributed by atoms with Gasteiger partial charge in [-0.3, -0.25) is 0 Å². The topological polar surface area (TPSA) is 37.4 Å². The Morgan fingerprint density at radius 3 is 2.48 bits per heavy atom. The molecule has 1 aliphatic rings. The lowest BCUT2D eigenvalue weighted by molar-refractivity contribution is 0.262. The minimum Gasteiger partial charge on any atom is -0.207 e. The molecular weight excluding hydrogens is 420 g/mol. The summed E-state index contributed by atoms with van der Waals surface area (Å²) in [6.45, 7) is 0.960. The molecule has 0 N–H and O–H groups in total. The molecule has 8 heteroatoms. The quantitative estimate of drug-likeness (QED) is 0.638. The highest BCUT2D eigenvalue weighted by Gasteiger charge is 2.33. The number of benzene rings is 1. The summed E-state index contributed by atoms with van der Waals surface area (Å²) in [6, 6.07) is 3.08. The fraction of sp³-hybridized carbons (Fsp3) is 0.538. The van der Waals surface area contributed by atoms with Crippen molar-refractivity contribution < 1.29 is 8.42 Å². The van der Waals surface area contributed by atoms with E-state index in [0.29, 0.717) is 29.4 Å². The summed E-state index contributed by atoms with van der Waals surface area (Å²) in [5.41, 5.74) is 0. The third-order valence-corrected chi connectivity index (χ3v) is 7.02. The summed E-state index contributed by atoms with van der Waals surface area (Å²) in [5, 5.41) is 0.266. The van der Waals surface area contributed by atoms with E-state index in [1.807, 2.05) is 0 Å². The van der Waals surface area contributed by atoms with Crippen LogP contribution in [0, 0.1) is 5.92 Å². The van der Waals surface area contributed by atoms with E-state index >= 15 is 0 Å². The predicted molar refractivity (Wildman–Crippen MR) is 91.0 cm³/mol. The van der Waals surface area contributed by atoms with Crippen LogP contribution in [0.1, 0.15) is 19.3 Å². The van der Waals surface area contributed by atoms with Gasteiger partial charge in [0.15, 0.2) is 0 Å². The van der Waals surface area contributed by atoms with E-state index in [-0.39, 0.29) is 14.9 Å². The van der Waals surface area contributed by atoms with Gasteiger partial charge in [0.25, 0.3) is 0 Å². The van der Waals surface area contributed by atoms with Gasteiger partial charge in [0.1, 0.15) is 4.90 Å². The number of nitrogens with zero attached hydrogens (tertiary/aromatic N) is 1. The van der Waals surface area contributed by atoms with Crippen molar-refractivity contribution in [2.24, 2.45) is 5.92 Å². The van der Waals surface area contributed by atoms with Gasteiger partial charge in [0, 0.05) is 23.4 Å². The zero-order valence-electron chi connectivity index (χ0n) is 11.2. The van der Waals surface area contributed by atoms with Crippen molar-refractivity contribution in [3.05, 3.63) is 26.7 Å². The number of sulfonamides is 1. The second-order valence-corrected chi connectivity index (χ2v) is 9.03. The Morgan fingerprint density at radius 1 is 1.29 bits per heavy atom. The molecule has 1 unspecified atom stereocenters. The predicted octanol–water partition coefficient (Wildman–Crippen LogP) is 4.79. The van der Waals surface area contributed by atoms with Crippen molar-refractivity contribution in [2.45, 2.75) is 24.2 Å². The average Bonchev–Trinajstić information content (AvgIpc) is 2.37. The first-order valence-corrected chi connectivity index (χ1v) is 10.1. The van der Waals surface area contributed by atoms with Gasteiger partial charge in [0.2, 0.25) is 10.0 Å². The van der Waals surface area contributed by atoms with Crippen molar-refractivity contribution in [3.63, 3.8) is 0 Å². The summed E-state index contributed by atoms with van der Waals surface area (Å²) >= 11 is 21.2. The molecule has 1 fully saturated rings. The number of hydrogen-bond acceptors (Lipinski definition) is 2. The van der Waals surface area contributed by atoms with E-state index in [2.05, 4.69) is 15.9 Å². The van der Waals surface area contributed by atoms with Crippen LogP contribution < -0.4 is 0 Å². The van der Waals surface area contributed by atoms with Gasteiger partial charge in [-0.05, 0) is 37.3 Å². The van der Waals surface area contributed by atoms with Crippen LogP contribution in [0.15, 0.2) is 21.5 Å². The largest absolute Gasteiger partial charge is 0.246 e. The van der Waals surface area contributed by atoms with E-state index in [9.17, 15) is 8.42 Å². The van der Waals surface area contributed by atoms with Gasteiger partial charge in [-0.2, -0.15) is 4.31 Å². The maximum atomic E-state index is 12.8. The summed E-state index contributed by atoms with van der Waals surface area (Å²) in [6.07, 6.45) is 2.64. The minimum absolute atomic E-state index is 0.0134. The lowest BCUT2D eigenvalue weighted by Crippen LogP contribution is -2.40. The van der Waals surface area contributed by atoms with Crippen LogP contribution in [0.5, 0.6) is 0 Å². The van der Waals surface area contributed by atoms with Crippen molar-refractivity contribution in [1.82, 2.24) is 4.31 Å². The Bertz CT molecular complexity index is 599. The molecule has 0 spiro atoms. The third kappa shape index (κ3) is 4.06. The summed E-state index contributed by atoms with van der Waals surface area (Å²) in [5.74, 6) is 0.831. The van der Waals surface area contributed by atoms with Gasteiger partial charge in [-0.25, -0.2) is 8.42 Å². The van der Waals surface area contributed by atoms with Crippen molar-refractivity contribution in [3.8, 4) is 0 Å². The van der Waals surface area contributed by atoms with Crippen LogP contribution in [0.3, 0.4) is 0 Å². The monoisotopic (exact) mass is 433 g/mol. The van der Waals surface area contributed by atoms with Gasteiger partial charge in [0.05, 0.1) is 10.0 Å². The Kier molecular flexibility index (Phi) is 6.25. The highest BCUT2D eigenvalue weighted by atomic mass is 79.9. The van der Waals surface area contributed by atoms with Crippen LogP contribution >= 0.6 is 50.7 Å². The summed E-state index contributed by atoms with van der Waals surface area (Å²) in [7, 11) is -3.69. The number of rotatable bonds is 4. The maximum Gasteiger partial charge on any atom is 0.246 e. The molecule has 0 radical (unpaired) electrons. The van der Waals surface area contributed by atoms with E-state index in [4.69, 9.17) is 34.8 Å². The molecule has 3 nitrogen and oxygen atoms in total. The van der Waals surface area contributed by atoms with Crippen LogP contribution in [0.2, 0.25) is 10.0 Å². The fourth-order valence-corrected chi connectivity index (χ4v) is 6.29. The minimum atomic E-state index is -3.69. The van der Waals surface area contributed by atoms with Gasteiger partial charge in [-0.1, -0.05) is 39.1 Å². The lowest BCUT2D eigenvalue weighted by atomic mass is 9.97. The molecule has 0 aliphatic carbocycles. The first-order chi connectivity index (χ1) is 9.86. The summed E-state index contributed by atoms with van der Waals surface area (Å²) < 4.78 is 27.7. The normalized spacial score (nSPS) is 20.7. The molecule has 1 aromatic rings. The Labute approximate surface area is 148 Å². The van der Waals surface area contributed by atoms with Crippen LogP contribution in [0.4, 0.5) is 0 Å². The van der Waals surface area contributed by atoms with Crippen LogP contribution in [0.25, 0.3) is 0 Å². The molecule has 0 amide bonds. The van der Waals surface area contributed by atoms with E-state index in [1.165, 1.54) is 4.31 Å². The number of hydrogen-bond donors (Lipinski definition) is 0. The number of halogens is 4.